The molecule has 5 heterocycles. The fraction of sp³-hybridized carbons (Fsp3) is 0.0606. The smallest absolute Gasteiger partial charge is 0.399 e. The standard InChI is InChI=1S/C46H30N2.C28H26BNO2.C24H16BrN.CH3/c1-2-12-37(13-3-1)47-43-16-8-6-14-39(43)41-29-35(23-26-45(41)47)32-18-20-33(21-19-32)36-24-27-46-42(30-36)40-15-7-9-17-44(40)48(46)38-25-22-31-10-4-5-11-34(31)28-38;1-27(2)28(3,4)32-29(31-27)21-14-16-26-24(18-21)23-11-7-8-12-25(23)30(26)22-15-13-19-9-5-6-10-20(19)17-22;25-19-13-10-17(11-14-19)18-12-15-24-22(16-18)21-8-4-5-9-23(21)26(24)20-6-2-1-3-7-20;/h1-30H;5-18H,1-4H3;1-16H;1H3/q;;;-1. The molecule has 0 amide bonds. The zero-order valence-corrected chi connectivity index (χ0v) is 61.8. The zero-order chi connectivity index (χ0) is 71.2. The fourth-order valence-electron chi connectivity index (χ4n) is 16.0. The number of halogens is 1. The number of para-hydroxylation sites is 6. The van der Waals surface area contributed by atoms with E-state index in [-0.39, 0.29) is 25.7 Å². The van der Waals surface area contributed by atoms with Crippen LogP contribution in [0.1, 0.15) is 27.7 Å². The van der Waals surface area contributed by atoms with E-state index in [0.717, 1.165) is 9.94 Å². The van der Waals surface area contributed by atoms with Gasteiger partial charge in [0, 0.05) is 70.3 Å². The number of fused-ring (bicyclic) bond motifs is 14. The van der Waals surface area contributed by atoms with Crippen molar-refractivity contribution >= 4 is 137 Å². The molecule has 0 aliphatic carbocycles. The highest BCUT2D eigenvalue weighted by Crippen LogP contribution is 2.42. The van der Waals surface area contributed by atoms with E-state index in [1.807, 2.05) is 0 Å². The van der Waals surface area contributed by atoms with Gasteiger partial charge < -0.3 is 35.0 Å². The molecule has 8 heteroatoms. The number of rotatable bonds is 8. The van der Waals surface area contributed by atoms with Gasteiger partial charge >= 0.3 is 7.12 Å². The first-order valence-electron chi connectivity index (χ1n) is 36.4. The zero-order valence-electron chi connectivity index (χ0n) is 60.2. The molecule has 16 aromatic carbocycles. The Hall–Kier alpha value is -12.3. The van der Waals surface area contributed by atoms with Crippen molar-refractivity contribution in [2.24, 2.45) is 0 Å². The normalized spacial score (nSPS) is 13.3. The van der Waals surface area contributed by atoms with Crippen LogP contribution >= 0.6 is 15.9 Å². The lowest BCUT2D eigenvalue weighted by Gasteiger charge is -2.32. The van der Waals surface area contributed by atoms with Crippen LogP contribution in [0.5, 0.6) is 0 Å². The Morgan fingerprint density at radius 3 is 0.888 bits per heavy atom. The molecule has 4 aromatic heterocycles. The Labute approximate surface area is 631 Å². The first-order chi connectivity index (χ1) is 51.9. The van der Waals surface area contributed by atoms with Crippen LogP contribution in [-0.2, 0) is 9.31 Å². The molecule has 20 aromatic rings. The summed E-state index contributed by atoms with van der Waals surface area (Å²) in [5, 5.41) is 15.1. The molecule has 1 aliphatic heterocycles. The summed E-state index contributed by atoms with van der Waals surface area (Å²) in [6, 6.07) is 131. The third-order valence-electron chi connectivity index (χ3n) is 22.0. The highest BCUT2D eigenvalue weighted by atomic mass is 79.9. The molecule has 1 saturated heterocycles. The maximum Gasteiger partial charge on any atom is 0.494 e. The summed E-state index contributed by atoms with van der Waals surface area (Å²) in [5.74, 6) is 0. The monoisotopic (exact) mass is 1440 g/mol. The van der Waals surface area contributed by atoms with Gasteiger partial charge in [0.05, 0.1) is 55.3 Å². The second kappa shape index (κ2) is 27.0. The molecule has 1 fully saturated rings. The highest BCUT2D eigenvalue weighted by molar-refractivity contribution is 9.10. The van der Waals surface area contributed by atoms with Crippen molar-refractivity contribution in [3.8, 4) is 56.1 Å². The van der Waals surface area contributed by atoms with Crippen LogP contribution in [0.15, 0.2) is 368 Å². The Morgan fingerprint density at radius 1 is 0.234 bits per heavy atom. The van der Waals surface area contributed by atoms with Crippen molar-refractivity contribution in [1.29, 1.82) is 0 Å². The number of hydrogen-bond acceptors (Lipinski definition) is 2. The lowest BCUT2D eigenvalue weighted by molar-refractivity contribution is 0.00578. The molecule has 21 rings (SSSR count). The molecule has 0 radical (unpaired) electrons. The largest absolute Gasteiger partial charge is 0.494 e. The molecule has 0 saturated carbocycles. The minimum atomic E-state index is -0.368. The molecule has 1 aliphatic rings. The number of nitrogens with zero attached hydrogens (tertiary/aromatic N) is 4. The lowest BCUT2D eigenvalue weighted by Crippen LogP contribution is -2.41. The Balaban J connectivity index is 0.000000119. The lowest BCUT2D eigenvalue weighted by atomic mass is 9.78. The van der Waals surface area contributed by atoms with E-state index in [2.05, 4.69) is 426 Å². The summed E-state index contributed by atoms with van der Waals surface area (Å²) < 4.78 is 23.2. The van der Waals surface area contributed by atoms with Crippen LogP contribution in [0.4, 0.5) is 0 Å². The minimum absolute atomic E-state index is 0. The number of aromatic nitrogens is 4. The molecule has 0 atom stereocenters. The van der Waals surface area contributed by atoms with E-state index in [4.69, 9.17) is 9.31 Å². The van der Waals surface area contributed by atoms with Gasteiger partial charge in [0.15, 0.2) is 0 Å². The highest BCUT2D eigenvalue weighted by Gasteiger charge is 2.51. The average molecular weight is 1440 g/mol. The summed E-state index contributed by atoms with van der Waals surface area (Å²) in [7, 11) is -0.368. The van der Waals surface area contributed by atoms with Crippen molar-refractivity contribution in [2.75, 3.05) is 0 Å². The van der Waals surface area contributed by atoms with Gasteiger partial charge in [0.1, 0.15) is 0 Å². The van der Waals surface area contributed by atoms with Crippen LogP contribution in [0.25, 0.3) is 165 Å². The van der Waals surface area contributed by atoms with Crippen LogP contribution in [0.3, 0.4) is 0 Å². The van der Waals surface area contributed by atoms with Crippen LogP contribution in [0.2, 0.25) is 0 Å². The van der Waals surface area contributed by atoms with Gasteiger partial charge in [-0.05, 0) is 215 Å². The third kappa shape index (κ3) is 11.8. The van der Waals surface area contributed by atoms with Crippen molar-refractivity contribution in [3.63, 3.8) is 0 Å². The quantitative estimate of drug-likeness (QED) is 0.112. The Kier molecular flexibility index (Phi) is 16.8. The summed E-state index contributed by atoms with van der Waals surface area (Å²) in [6.45, 7) is 8.38. The van der Waals surface area contributed by atoms with Crippen molar-refractivity contribution in [2.45, 2.75) is 38.9 Å². The first-order valence-corrected chi connectivity index (χ1v) is 37.2. The SMILES string of the molecule is Brc1ccc(-c2ccc3c(c2)c2ccccc2n3-c2ccccc2)cc1.CC1(C)OB(c2ccc3c(c2)c2ccccc2n3-c2ccc3ccccc3c2)OC1(C)C.[CH3-].c1ccc(-n2c3ccccc3c3cc(-c4ccc(-c5ccc6c(c5)c5ccccc5n6-c5ccc6ccccc6c5)cc4)ccc32)cc1. The predicted octanol–water partition coefficient (Wildman–Crippen LogP) is 26.3. The van der Waals surface area contributed by atoms with E-state index in [9.17, 15) is 0 Å². The number of hydrogen-bond donors (Lipinski definition) is 0. The first kappa shape index (κ1) is 66.6. The van der Waals surface area contributed by atoms with Gasteiger partial charge in [-0.2, -0.15) is 0 Å². The van der Waals surface area contributed by atoms with Crippen molar-refractivity contribution in [3.05, 3.63) is 376 Å². The minimum Gasteiger partial charge on any atom is -0.399 e. The Morgan fingerprint density at radius 2 is 0.514 bits per heavy atom. The van der Waals surface area contributed by atoms with E-state index in [0.29, 0.717) is 0 Å². The fourth-order valence-corrected chi connectivity index (χ4v) is 16.2. The summed E-state index contributed by atoms with van der Waals surface area (Å²) in [5.41, 5.74) is 22.1. The Bertz CT molecular complexity index is 6770. The molecule has 0 spiro atoms. The van der Waals surface area contributed by atoms with Gasteiger partial charge in [-0.15, -0.1) is 0 Å². The summed E-state index contributed by atoms with van der Waals surface area (Å²) in [4.78, 5) is 0. The third-order valence-corrected chi connectivity index (χ3v) is 22.5. The maximum absolute atomic E-state index is 6.32. The molecule has 107 heavy (non-hydrogen) atoms. The van der Waals surface area contributed by atoms with Gasteiger partial charge in [-0.1, -0.05) is 253 Å². The van der Waals surface area contributed by atoms with Gasteiger partial charge in [0.25, 0.3) is 0 Å². The van der Waals surface area contributed by atoms with E-state index in [1.165, 1.54) is 165 Å². The van der Waals surface area contributed by atoms with E-state index in [1.54, 1.807) is 0 Å². The molecule has 0 unspecified atom stereocenters. The molecule has 0 bridgehead atoms. The van der Waals surface area contributed by atoms with Gasteiger partial charge in [-0.3, -0.25) is 0 Å². The van der Waals surface area contributed by atoms with E-state index < -0.39 is 0 Å². The topological polar surface area (TPSA) is 38.2 Å². The van der Waals surface area contributed by atoms with Crippen molar-refractivity contribution < 1.29 is 9.31 Å². The van der Waals surface area contributed by atoms with Gasteiger partial charge in [-0.25, -0.2) is 0 Å². The second-order valence-corrected chi connectivity index (χ2v) is 29.7. The maximum atomic E-state index is 6.32. The molecular formula is C99H75BBrN4O2-. The molecule has 514 valence electrons. The van der Waals surface area contributed by atoms with Crippen LogP contribution in [-0.4, -0.2) is 36.6 Å². The summed E-state index contributed by atoms with van der Waals surface area (Å²) >= 11 is 3.52. The average Bonchev–Trinajstić information content (AvgIpc) is 1.61. The second-order valence-electron chi connectivity index (χ2n) is 28.8. The summed E-state index contributed by atoms with van der Waals surface area (Å²) in [6.07, 6.45) is 0. The van der Waals surface area contributed by atoms with Crippen molar-refractivity contribution in [1.82, 2.24) is 18.3 Å². The predicted molar refractivity (Wildman–Crippen MR) is 458 cm³/mol. The van der Waals surface area contributed by atoms with E-state index >= 15 is 0 Å². The molecule has 6 nitrogen and oxygen atoms in total. The van der Waals surface area contributed by atoms with Crippen LogP contribution in [0, 0.1) is 7.43 Å². The van der Waals surface area contributed by atoms with Gasteiger partial charge in [0.2, 0.25) is 0 Å². The molecule has 0 N–H and O–H groups in total. The molecular weight excluding hydrogens is 1370 g/mol. The number of benzene rings is 16. The van der Waals surface area contributed by atoms with Crippen LogP contribution < -0.4 is 5.46 Å².